The molecule has 88 valence electrons. The zero-order valence-electron chi connectivity index (χ0n) is 9.09. The zero-order chi connectivity index (χ0) is 11.7. The summed E-state index contributed by atoms with van der Waals surface area (Å²) in [5.41, 5.74) is 3.86. The molecule has 2 unspecified atom stereocenters. The standard InChI is InChI=1S/C11H13Cl2NO2/c1-3-9-10(14-15-2)7-4-6(12)5-8(13)11(7)16-9/h4-5,9-10,14H,3H2,1-2H3. The lowest BCUT2D eigenvalue weighted by Crippen LogP contribution is -2.29. The van der Waals surface area contributed by atoms with Crippen molar-refractivity contribution in [3.63, 3.8) is 0 Å². The van der Waals surface area contributed by atoms with Crippen LogP contribution < -0.4 is 10.2 Å². The van der Waals surface area contributed by atoms with Crippen LogP contribution in [0, 0.1) is 0 Å². The average Bonchev–Trinajstić information content (AvgIpc) is 2.58. The van der Waals surface area contributed by atoms with Gasteiger partial charge in [-0.2, -0.15) is 5.48 Å². The Bertz CT molecular complexity index is 398. The van der Waals surface area contributed by atoms with Crippen molar-refractivity contribution in [1.82, 2.24) is 5.48 Å². The predicted octanol–water partition coefficient (Wildman–Crippen LogP) is 3.36. The fraction of sp³-hybridized carbons (Fsp3) is 0.455. The summed E-state index contributed by atoms with van der Waals surface area (Å²) >= 11 is 12.1. The Hall–Kier alpha value is -0.480. The predicted molar refractivity (Wildman–Crippen MR) is 64.1 cm³/mol. The lowest BCUT2D eigenvalue weighted by Gasteiger charge is -2.17. The quantitative estimate of drug-likeness (QED) is 0.847. The fourth-order valence-corrected chi connectivity index (χ4v) is 2.49. The SMILES string of the molecule is CCC1Oc2c(Cl)cc(Cl)cc2C1NOC. The van der Waals surface area contributed by atoms with Gasteiger partial charge in [-0.15, -0.1) is 0 Å². The summed E-state index contributed by atoms with van der Waals surface area (Å²) in [6.07, 6.45) is 0.884. The monoisotopic (exact) mass is 261 g/mol. The number of hydroxylamine groups is 1. The van der Waals surface area contributed by atoms with Crippen LogP contribution in [0.25, 0.3) is 0 Å². The molecule has 5 heteroatoms. The van der Waals surface area contributed by atoms with Crippen LogP contribution in [0.15, 0.2) is 12.1 Å². The van der Waals surface area contributed by atoms with Gasteiger partial charge in [-0.1, -0.05) is 30.1 Å². The molecule has 0 saturated carbocycles. The van der Waals surface area contributed by atoms with Gasteiger partial charge < -0.3 is 9.57 Å². The maximum atomic E-state index is 6.08. The van der Waals surface area contributed by atoms with Crippen molar-refractivity contribution in [3.05, 3.63) is 27.7 Å². The molecule has 1 aromatic rings. The molecule has 1 N–H and O–H groups in total. The highest BCUT2D eigenvalue weighted by Gasteiger charge is 2.35. The number of fused-ring (bicyclic) bond motifs is 1. The summed E-state index contributed by atoms with van der Waals surface area (Å²) in [6, 6.07) is 3.51. The first-order valence-corrected chi connectivity index (χ1v) is 5.87. The van der Waals surface area contributed by atoms with Crippen LogP contribution >= 0.6 is 23.2 Å². The van der Waals surface area contributed by atoms with E-state index in [1.807, 2.05) is 6.07 Å². The van der Waals surface area contributed by atoms with Crippen molar-refractivity contribution in [2.75, 3.05) is 7.11 Å². The highest BCUT2D eigenvalue weighted by Crippen LogP contribution is 2.44. The number of halogens is 2. The van der Waals surface area contributed by atoms with Crippen molar-refractivity contribution in [2.24, 2.45) is 0 Å². The number of rotatable bonds is 3. The Morgan fingerprint density at radius 3 is 2.81 bits per heavy atom. The summed E-state index contributed by atoms with van der Waals surface area (Å²) in [5.74, 6) is 0.701. The Labute approximate surface area is 105 Å². The van der Waals surface area contributed by atoms with Crippen LogP contribution in [0.5, 0.6) is 5.75 Å². The zero-order valence-corrected chi connectivity index (χ0v) is 10.6. The minimum atomic E-state index is -0.0267. The van der Waals surface area contributed by atoms with Gasteiger partial charge in [0.25, 0.3) is 0 Å². The van der Waals surface area contributed by atoms with Gasteiger partial charge in [0.1, 0.15) is 11.9 Å². The molecule has 0 aromatic heterocycles. The Balaban J connectivity index is 2.41. The Morgan fingerprint density at radius 1 is 1.44 bits per heavy atom. The molecular weight excluding hydrogens is 249 g/mol. The second-order valence-electron chi connectivity index (χ2n) is 3.67. The van der Waals surface area contributed by atoms with E-state index in [1.54, 1.807) is 13.2 Å². The molecule has 3 nitrogen and oxygen atoms in total. The number of nitrogens with one attached hydrogen (secondary N) is 1. The fourth-order valence-electron chi connectivity index (χ4n) is 1.94. The van der Waals surface area contributed by atoms with Gasteiger partial charge in [-0.25, -0.2) is 0 Å². The largest absolute Gasteiger partial charge is 0.486 e. The molecule has 2 atom stereocenters. The second-order valence-corrected chi connectivity index (χ2v) is 4.51. The van der Waals surface area contributed by atoms with Crippen LogP contribution in [0.3, 0.4) is 0 Å². The second kappa shape index (κ2) is 4.80. The molecule has 1 aliphatic heterocycles. The van der Waals surface area contributed by atoms with Crippen molar-refractivity contribution in [2.45, 2.75) is 25.5 Å². The van der Waals surface area contributed by atoms with E-state index in [-0.39, 0.29) is 12.1 Å². The molecule has 0 saturated heterocycles. The molecule has 2 rings (SSSR count). The smallest absolute Gasteiger partial charge is 0.143 e. The molecule has 0 aliphatic carbocycles. The van der Waals surface area contributed by atoms with E-state index >= 15 is 0 Å². The molecule has 0 radical (unpaired) electrons. The van der Waals surface area contributed by atoms with Gasteiger partial charge in [-0.3, -0.25) is 0 Å². The molecule has 0 spiro atoms. The first kappa shape index (κ1) is 12.0. The third kappa shape index (κ3) is 2.00. The third-order valence-electron chi connectivity index (χ3n) is 2.66. The van der Waals surface area contributed by atoms with Gasteiger partial charge in [0.05, 0.1) is 18.2 Å². The summed E-state index contributed by atoms with van der Waals surface area (Å²) < 4.78 is 5.77. The lowest BCUT2D eigenvalue weighted by molar-refractivity contribution is 0.0283. The van der Waals surface area contributed by atoms with Gasteiger partial charge in [-0.05, 0) is 18.6 Å². The van der Waals surface area contributed by atoms with Gasteiger partial charge >= 0.3 is 0 Å². The molecule has 0 bridgehead atoms. The Morgan fingerprint density at radius 2 is 2.19 bits per heavy atom. The lowest BCUT2D eigenvalue weighted by atomic mass is 10.0. The first-order valence-electron chi connectivity index (χ1n) is 5.11. The number of benzene rings is 1. The van der Waals surface area contributed by atoms with Crippen molar-refractivity contribution >= 4 is 23.2 Å². The maximum absolute atomic E-state index is 6.08. The molecule has 0 fully saturated rings. The normalized spacial score (nSPS) is 23.0. The molecule has 1 aromatic carbocycles. The van der Waals surface area contributed by atoms with E-state index in [0.29, 0.717) is 15.8 Å². The van der Waals surface area contributed by atoms with Gasteiger partial charge in [0, 0.05) is 10.6 Å². The minimum Gasteiger partial charge on any atom is -0.486 e. The highest BCUT2D eigenvalue weighted by atomic mass is 35.5. The van der Waals surface area contributed by atoms with Crippen molar-refractivity contribution in [1.29, 1.82) is 0 Å². The number of hydrogen-bond acceptors (Lipinski definition) is 3. The highest BCUT2D eigenvalue weighted by molar-refractivity contribution is 6.35. The molecule has 0 amide bonds. The third-order valence-corrected chi connectivity index (χ3v) is 3.16. The van der Waals surface area contributed by atoms with Crippen LogP contribution in [0.4, 0.5) is 0 Å². The van der Waals surface area contributed by atoms with E-state index < -0.39 is 0 Å². The van der Waals surface area contributed by atoms with Crippen LogP contribution in [-0.4, -0.2) is 13.2 Å². The summed E-state index contributed by atoms with van der Waals surface area (Å²) in [5, 5.41) is 1.15. The summed E-state index contributed by atoms with van der Waals surface area (Å²) in [7, 11) is 1.58. The Kier molecular flexibility index (Phi) is 3.60. The van der Waals surface area contributed by atoms with Crippen LogP contribution in [0.1, 0.15) is 24.9 Å². The topological polar surface area (TPSA) is 30.5 Å². The van der Waals surface area contributed by atoms with Gasteiger partial charge in [0.2, 0.25) is 0 Å². The summed E-state index contributed by atoms with van der Waals surface area (Å²) in [6.45, 7) is 2.05. The maximum Gasteiger partial charge on any atom is 0.143 e. The number of ether oxygens (including phenoxy) is 1. The first-order chi connectivity index (χ1) is 7.67. The molecule has 1 aliphatic rings. The van der Waals surface area contributed by atoms with E-state index in [9.17, 15) is 0 Å². The van der Waals surface area contributed by atoms with Crippen LogP contribution in [-0.2, 0) is 4.84 Å². The van der Waals surface area contributed by atoms with Crippen molar-refractivity contribution in [3.8, 4) is 5.75 Å². The van der Waals surface area contributed by atoms with Gasteiger partial charge in [0.15, 0.2) is 0 Å². The average molecular weight is 262 g/mol. The van der Waals surface area contributed by atoms with E-state index in [0.717, 1.165) is 12.0 Å². The van der Waals surface area contributed by atoms with Crippen molar-refractivity contribution < 1.29 is 9.57 Å². The van der Waals surface area contributed by atoms with E-state index in [4.69, 9.17) is 32.8 Å². The summed E-state index contributed by atoms with van der Waals surface area (Å²) in [4.78, 5) is 4.98. The van der Waals surface area contributed by atoms with E-state index in [2.05, 4.69) is 12.4 Å². The van der Waals surface area contributed by atoms with E-state index in [1.165, 1.54) is 0 Å². The molecule has 1 heterocycles. The number of hydrogen-bond donors (Lipinski definition) is 1. The van der Waals surface area contributed by atoms with Crippen LogP contribution in [0.2, 0.25) is 10.0 Å². The minimum absolute atomic E-state index is 0.0194. The molecule has 16 heavy (non-hydrogen) atoms. The molecular formula is C11H13Cl2NO2.